The van der Waals surface area contributed by atoms with Gasteiger partial charge in [0.2, 0.25) is 0 Å². The van der Waals surface area contributed by atoms with Crippen molar-refractivity contribution in [2.75, 3.05) is 18.0 Å². The zero-order valence-corrected chi connectivity index (χ0v) is 22.6. The lowest BCUT2D eigenvalue weighted by atomic mass is 9.91. The summed E-state index contributed by atoms with van der Waals surface area (Å²) in [6.45, 7) is 10.0. The molecule has 2 aromatic heterocycles. The Morgan fingerprint density at radius 2 is 1.78 bits per heavy atom. The predicted octanol–water partition coefficient (Wildman–Crippen LogP) is 5.45. The third kappa shape index (κ3) is 4.60. The van der Waals surface area contributed by atoms with Crippen molar-refractivity contribution in [3.8, 4) is 0 Å². The van der Waals surface area contributed by atoms with Crippen molar-refractivity contribution >= 4 is 51.7 Å². The Labute approximate surface area is 221 Å². The summed E-state index contributed by atoms with van der Waals surface area (Å²) in [7, 11) is 0. The van der Waals surface area contributed by atoms with Crippen molar-refractivity contribution < 1.29 is 4.79 Å². The van der Waals surface area contributed by atoms with Gasteiger partial charge in [-0.2, -0.15) is 0 Å². The predicted molar refractivity (Wildman–Crippen MR) is 151 cm³/mol. The third-order valence-electron chi connectivity index (χ3n) is 6.92. The van der Waals surface area contributed by atoms with Crippen LogP contribution in [-0.2, 0) is 4.79 Å². The third-order valence-corrected chi connectivity index (χ3v) is 8.25. The molecule has 186 valence electrons. The van der Waals surface area contributed by atoms with Crippen LogP contribution in [0.1, 0.15) is 49.9 Å². The second-order valence-corrected chi connectivity index (χ2v) is 11.8. The first kappa shape index (κ1) is 24.7. The van der Waals surface area contributed by atoms with Crippen LogP contribution in [0.3, 0.4) is 0 Å². The fraction of sp³-hybridized carbons (Fsp3) is 0.357. The van der Waals surface area contributed by atoms with E-state index in [2.05, 4.69) is 18.7 Å². The molecule has 2 saturated heterocycles. The molecular weight excluding hydrogens is 488 g/mol. The van der Waals surface area contributed by atoms with Crippen molar-refractivity contribution in [1.82, 2.24) is 14.3 Å². The minimum absolute atomic E-state index is 0.175. The van der Waals surface area contributed by atoms with E-state index in [0.29, 0.717) is 38.1 Å². The summed E-state index contributed by atoms with van der Waals surface area (Å²) in [5.41, 5.74) is 2.84. The number of aromatic nitrogens is 2. The number of piperidine rings is 1. The highest BCUT2D eigenvalue weighted by Gasteiger charge is 2.37. The number of amides is 1. The van der Waals surface area contributed by atoms with Crippen LogP contribution in [0.5, 0.6) is 0 Å². The van der Waals surface area contributed by atoms with Crippen LogP contribution in [0.4, 0.5) is 5.82 Å². The van der Waals surface area contributed by atoms with Crippen LogP contribution in [0.15, 0.2) is 58.4 Å². The summed E-state index contributed by atoms with van der Waals surface area (Å²) in [6, 6.07) is 13.5. The van der Waals surface area contributed by atoms with Gasteiger partial charge in [0.05, 0.1) is 16.5 Å². The maximum Gasteiger partial charge on any atom is 0.267 e. The summed E-state index contributed by atoms with van der Waals surface area (Å²) in [4.78, 5) is 36.6. The van der Waals surface area contributed by atoms with Crippen molar-refractivity contribution in [3.63, 3.8) is 0 Å². The van der Waals surface area contributed by atoms with E-state index >= 15 is 0 Å². The average Bonchev–Trinajstić information content (AvgIpc) is 3.13. The van der Waals surface area contributed by atoms with Crippen molar-refractivity contribution in [3.05, 3.63) is 80.6 Å². The number of thiocarbonyl (C=S) groups is 1. The summed E-state index contributed by atoms with van der Waals surface area (Å²) < 4.78 is 2.07. The van der Waals surface area contributed by atoms with Gasteiger partial charge in [-0.15, -0.1) is 0 Å². The SMILES string of the molecule is Cc1ccc2nc(N3C[C@H](C)C[C@@H](C)C3)c(/C=C3/SC(=S)N([C@H](C)c4ccccc4)C3=O)c(=O)n2c1. The van der Waals surface area contributed by atoms with E-state index in [-0.39, 0.29) is 17.5 Å². The van der Waals surface area contributed by atoms with Gasteiger partial charge in [0.15, 0.2) is 0 Å². The topological polar surface area (TPSA) is 57.9 Å². The van der Waals surface area contributed by atoms with E-state index in [4.69, 9.17) is 17.2 Å². The first-order valence-corrected chi connectivity index (χ1v) is 13.6. The molecule has 1 amide bonds. The molecule has 0 radical (unpaired) electrons. The first-order chi connectivity index (χ1) is 17.2. The molecule has 36 heavy (non-hydrogen) atoms. The average molecular weight is 519 g/mol. The summed E-state index contributed by atoms with van der Waals surface area (Å²) in [6.07, 6.45) is 4.66. The van der Waals surface area contributed by atoms with Gasteiger partial charge in [-0.3, -0.25) is 18.9 Å². The zero-order chi connectivity index (χ0) is 25.6. The number of aryl methyl sites for hydroxylation is 1. The Morgan fingerprint density at radius 3 is 2.47 bits per heavy atom. The summed E-state index contributed by atoms with van der Waals surface area (Å²) >= 11 is 6.87. The molecule has 8 heteroatoms. The Morgan fingerprint density at radius 1 is 1.08 bits per heavy atom. The number of carbonyl (C=O) groups excluding carboxylic acids is 1. The second-order valence-electron chi connectivity index (χ2n) is 10.1. The number of thioether (sulfide) groups is 1. The van der Waals surface area contributed by atoms with E-state index < -0.39 is 0 Å². The van der Waals surface area contributed by atoms with Gasteiger partial charge in [0.25, 0.3) is 11.5 Å². The molecule has 3 aromatic rings. The van der Waals surface area contributed by atoms with E-state index in [1.807, 2.05) is 56.3 Å². The Hall–Kier alpha value is -2.97. The molecule has 0 unspecified atom stereocenters. The highest BCUT2D eigenvalue weighted by atomic mass is 32.2. The number of anilines is 1. The minimum atomic E-state index is -0.202. The van der Waals surface area contributed by atoms with E-state index in [1.165, 1.54) is 11.8 Å². The maximum atomic E-state index is 13.8. The monoisotopic (exact) mass is 518 g/mol. The van der Waals surface area contributed by atoms with Gasteiger partial charge in [-0.1, -0.05) is 74.2 Å². The largest absolute Gasteiger partial charge is 0.355 e. The van der Waals surface area contributed by atoms with Gasteiger partial charge in [-0.25, -0.2) is 4.98 Å². The van der Waals surface area contributed by atoms with Gasteiger partial charge in [0.1, 0.15) is 15.8 Å². The Bertz CT molecular complexity index is 1420. The minimum Gasteiger partial charge on any atom is -0.355 e. The molecular formula is C28H30N4O2S2. The number of pyridine rings is 1. The summed E-state index contributed by atoms with van der Waals surface area (Å²) in [5.74, 6) is 1.44. The molecule has 4 heterocycles. The van der Waals surface area contributed by atoms with Crippen LogP contribution in [0.2, 0.25) is 0 Å². The summed E-state index contributed by atoms with van der Waals surface area (Å²) in [5, 5.41) is 0. The number of hydrogen-bond donors (Lipinski definition) is 0. The van der Waals surface area contributed by atoms with Crippen molar-refractivity contribution in [2.24, 2.45) is 11.8 Å². The van der Waals surface area contributed by atoms with Gasteiger partial charge in [-0.05, 0) is 55.4 Å². The highest BCUT2D eigenvalue weighted by molar-refractivity contribution is 8.26. The van der Waals surface area contributed by atoms with E-state index in [1.54, 1.807) is 21.6 Å². The lowest BCUT2D eigenvalue weighted by Gasteiger charge is -2.36. The quantitative estimate of drug-likeness (QED) is 0.338. The van der Waals surface area contributed by atoms with Crippen LogP contribution in [0, 0.1) is 18.8 Å². The molecule has 6 nitrogen and oxygen atoms in total. The first-order valence-electron chi connectivity index (χ1n) is 12.3. The lowest BCUT2D eigenvalue weighted by Crippen LogP contribution is -2.40. The Kier molecular flexibility index (Phi) is 6.74. The molecule has 2 aliphatic heterocycles. The van der Waals surface area contributed by atoms with Crippen LogP contribution >= 0.6 is 24.0 Å². The molecule has 0 saturated carbocycles. The molecule has 2 fully saturated rings. The Balaban J connectivity index is 1.61. The molecule has 0 aliphatic carbocycles. The number of fused-ring (bicyclic) bond motifs is 1. The fourth-order valence-electron chi connectivity index (χ4n) is 5.28. The van der Waals surface area contributed by atoms with Crippen LogP contribution in [-0.4, -0.2) is 37.6 Å². The number of rotatable bonds is 4. The standard InChI is InChI=1S/C28H30N4O2S2/c1-17-10-11-24-29-25(30-14-18(2)12-19(3)15-30)22(26(33)31(24)16-17)13-23-27(34)32(28(35)36-23)20(4)21-8-6-5-7-9-21/h5-11,13,16,18-20H,12,14-15H2,1-4H3/b23-13+/t18-,19-,20-/m1/s1. The zero-order valence-electron chi connectivity index (χ0n) is 21.0. The lowest BCUT2D eigenvalue weighted by molar-refractivity contribution is -0.123. The number of benzene rings is 1. The van der Waals surface area contributed by atoms with Gasteiger partial charge >= 0.3 is 0 Å². The van der Waals surface area contributed by atoms with Crippen molar-refractivity contribution in [1.29, 1.82) is 0 Å². The van der Waals surface area contributed by atoms with Gasteiger partial charge < -0.3 is 4.90 Å². The number of nitrogens with zero attached hydrogens (tertiary/aromatic N) is 4. The molecule has 0 bridgehead atoms. The second kappa shape index (κ2) is 9.82. The molecule has 0 spiro atoms. The van der Waals surface area contributed by atoms with Crippen LogP contribution in [0.25, 0.3) is 11.7 Å². The fourth-order valence-corrected chi connectivity index (χ4v) is 6.68. The van der Waals surface area contributed by atoms with Crippen LogP contribution < -0.4 is 10.5 Å². The maximum absolute atomic E-state index is 13.8. The number of hydrogen-bond acceptors (Lipinski definition) is 6. The molecule has 0 N–H and O–H groups in total. The smallest absolute Gasteiger partial charge is 0.267 e. The number of carbonyl (C=O) groups is 1. The molecule has 3 atom stereocenters. The van der Waals surface area contributed by atoms with Crippen molar-refractivity contribution in [2.45, 2.75) is 40.2 Å². The van der Waals surface area contributed by atoms with E-state index in [0.717, 1.165) is 30.6 Å². The molecule has 2 aliphatic rings. The van der Waals surface area contributed by atoms with E-state index in [9.17, 15) is 9.59 Å². The highest BCUT2D eigenvalue weighted by Crippen LogP contribution is 2.39. The molecule has 5 rings (SSSR count). The van der Waals surface area contributed by atoms with Gasteiger partial charge in [0, 0.05) is 19.3 Å². The normalized spacial score (nSPS) is 22.6. The molecule has 1 aromatic carbocycles.